The standard InChI is InChI=1S/C28H54O/c1-2-3-4-5-6-7-8-9-10-11-12-13-14-15-16-17-18-19-20-21-22-23-24-25-26-27-28-29/h29H,2-26H2,1H3. The lowest BCUT2D eigenvalue weighted by Gasteiger charge is -2.04. The van der Waals surface area contributed by atoms with Gasteiger partial charge in [0.1, 0.15) is 6.11 Å². The van der Waals surface area contributed by atoms with Crippen LogP contribution >= 0.6 is 0 Å². The molecule has 172 valence electrons. The zero-order chi connectivity index (χ0) is 21.1. The SMILES string of the molecule is CCCCCCCCCCCCCCCCCCCCCCCCCCC#CO. The van der Waals surface area contributed by atoms with E-state index in [-0.39, 0.29) is 0 Å². The van der Waals surface area contributed by atoms with Crippen LogP contribution in [0.4, 0.5) is 0 Å². The van der Waals surface area contributed by atoms with E-state index in [0.717, 1.165) is 12.8 Å². The van der Waals surface area contributed by atoms with Gasteiger partial charge in [-0.2, -0.15) is 0 Å². The van der Waals surface area contributed by atoms with Gasteiger partial charge in [-0.15, -0.1) is 0 Å². The van der Waals surface area contributed by atoms with Crippen molar-refractivity contribution >= 4 is 0 Å². The van der Waals surface area contributed by atoms with Crippen LogP contribution in [0.1, 0.15) is 167 Å². The van der Waals surface area contributed by atoms with Gasteiger partial charge >= 0.3 is 0 Å². The van der Waals surface area contributed by atoms with Crippen molar-refractivity contribution in [2.45, 2.75) is 167 Å². The zero-order valence-electron chi connectivity index (χ0n) is 20.1. The van der Waals surface area contributed by atoms with E-state index >= 15 is 0 Å². The molecule has 0 aromatic rings. The molecule has 0 aliphatic heterocycles. The van der Waals surface area contributed by atoms with Crippen LogP contribution in [0.3, 0.4) is 0 Å². The second kappa shape index (κ2) is 27.4. The molecule has 0 radical (unpaired) electrons. The monoisotopic (exact) mass is 406 g/mol. The quantitative estimate of drug-likeness (QED) is 0.125. The van der Waals surface area contributed by atoms with Gasteiger partial charge in [0, 0.05) is 6.42 Å². The molecule has 0 saturated heterocycles. The average molecular weight is 407 g/mol. The summed E-state index contributed by atoms with van der Waals surface area (Å²) in [4.78, 5) is 0. The van der Waals surface area contributed by atoms with Gasteiger partial charge < -0.3 is 5.11 Å². The number of aliphatic hydroxyl groups excluding tert-OH is 1. The Morgan fingerprint density at radius 3 is 0.862 bits per heavy atom. The van der Waals surface area contributed by atoms with Crippen molar-refractivity contribution in [3.8, 4) is 12.0 Å². The van der Waals surface area contributed by atoms with Crippen LogP contribution in [0.5, 0.6) is 0 Å². The van der Waals surface area contributed by atoms with Gasteiger partial charge in [-0.1, -0.05) is 161 Å². The van der Waals surface area contributed by atoms with Gasteiger partial charge in [0.2, 0.25) is 0 Å². The van der Waals surface area contributed by atoms with E-state index in [9.17, 15) is 0 Å². The third kappa shape index (κ3) is 27.4. The molecule has 0 unspecified atom stereocenters. The van der Waals surface area contributed by atoms with Gasteiger partial charge in [-0.25, -0.2) is 0 Å². The van der Waals surface area contributed by atoms with Gasteiger partial charge in [0.15, 0.2) is 0 Å². The minimum Gasteiger partial charge on any atom is -0.462 e. The summed E-state index contributed by atoms with van der Waals surface area (Å²) < 4.78 is 0. The third-order valence-corrected chi connectivity index (χ3v) is 6.23. The van der Waals surface area contributed by atoms with E-state index in [4.69, 9.17) is 5.11 Å². The predicted molar refractivity (Wildman–Crippen MR) is 131 cm³/mol. The highest BCUT2D eigenvalue weighted by molar-refractivity contribution is 4.88. The highest BCUT2D eigenvalue weighted by Crippen LogP contribution is 2.15. The van der Waals surface area contributed by atoms with Crippen molar-refractivity contribution in [1.29, 1.82) is 0 Å². The minimum absolute atomic E-state index is 0.857. The Hall–Kier alpha value is -0.640. The molecule has 0 aliphatic rings. The lowest BCUT2D eigenvalue weighted by Crippen LogP contribution is -1.84. The van der Waals surface area contributed by atoms with Crippen LogP contribution in [0.2, 0.25) is 0 Å². The van der Waals surface area contributed by atoms with Gasteiger partial charge in [0.05, 0.1) is 0 Å². The lowest BCUT2D eigenvalue weighted by atomic mass is 10.0. The summed E-state index contributed by atoms with van der Waals surface area (Å²) in [6, 6.07) is 0. The molecule has 0 saturated carbocycles. The highest BCUT2D eigenvalue weighted by Gasteiger charge is 1.96. The molecular weight excluding hydrogens is 352 g/mol. The Morgan fingerprint density at radius 1 is 0.379 bits per heavy atom. The van der Waals surface area contributed by atoms with Crippen molar-refractivity contribution in [2.24, 2.45) is 0 Å². The number of unbranched alkanes of at least 4 members (excludes halogenated alkanes) is 24. The summed E-state index contributed by atoms with van der Waals surface area (Å²) in [7, 11) is 0. The van der Waals surface area contributed by atoms with Crippen LogP contribution in [0, 0.1) is 12.0 Å². The van der Waals surface area contributed by atoms with Gasteiger partial charge in [0.25, 0.3) is 0 Å². The van der Waals surface area contributed by atoms with E-state index < -0.39 is 0 Å². The van der Waals surface area contributed by atoms with E-state index in [1.165, 1.54) is 148 Å². The number of aliphatic hydroxyl groups is 1. The van der Waals surface area contributed by atoms with E-state index in [1.54, 1.807) is 0 Å². The lowest BCUT2D eigenvalue weighted by molar-refractivity contribution is 0.514. The minimum atomic E-state index is 0.857. The molecule has 1 nitrogen and oxygen atoms in total. The fraction of sp³-hybridized carbons (Fsp3) is 0.929. The molecule has 0 rings (SSSR count). The van der Waals surface area contributed by atoms with Crippen LogP contribution < -0.4 is 0 Å². The first-order chi connectivity index (χ1) is 14.4. The van der Waals surface area contributed by atoms with E-state index in [1.807, 2.05) is 6.11 Å². The molecule has 0 aromatic carbocycles. The predicted octanol–water partition coefficient (Wildman–Crippen LogP) is 10.1. The van der Waals surface area contributed by atoms with Crippen molar-refractivity contribution in [2.75, 3.05) is 0 Å². The smallest absolute Gasteiger partial charge is 0.107 e. The molecule has 1 N–H and O–H groups in total. The van der Waals surface area contributed by atoms with Crippen molar-refractivity contribution in [1.82, 2.24) is 0 Å². The highest BCUT2D eigenvalue weighted by atomic mass is 16.2. The second-order valence-electron chi connectivity index (χ2n) is 9.17. The summed E-state index contributed by atoms with van der Waals surface area (Å²) in [5.41, 5.74) is 0. The Bertz CT molecular complexity index is 338. The van der Waals surface area contributed by atoms with E-state index in [2.05, 4.69) is 12.8 Å². The summed E-state index contributed by atoms with van der Waals surface area (Å²) in [5.74, 6) is 2.72. The van der Waals surface area contributed by atoms with Gasteiger partial charge in [-0.05, 0) is 6.42 Å². The molecule has 1 heteroatoms. The first kappa shape index (κ1) is 28.4. The number of hydrogen-bond donors (Lipinski definition) is 1. The first-order valence-corrected chi connectivity index (χ1v) is 13.5. The summed E-state index contributed by atoms with van der Waals surface area (Å²) >= 11 is 0. The molecule has 0 aromatic heterocycles. The molecule has 0 amide bonds. The Kier molecular flexibility index (Phi) is 26.8. The summed E-state index contributed by atoms with van der Waals surface area (Å²) in [6.07, 6.45) is 37.1. The fourth-order valence-electron chi connectivity index (χ4n) is 4.23. The number of rotatable bonds is 24. The van der Waals surface area contributed by atoms with E-state index in [0.29, 0.717) is 0 Å². The van der Waals surface area contributed by atoms with Crippen molar-refractivity contribution < 1.29 is 5.11 Å². The molecule has 0 aliphatic carbocycles. The zero-order valence-corrected chi connectivity index (χ0v) is 20.1. The second-order valence-corrected chi connectivity index (χ2v) is 9.17. The first-order valence-electron chi connectivity index (χ1n) is 13.5. The maximum absolute atomic E-state index is 8.39. The molecule has 0 atom stereocenters. The topological polar surface area (TPSA) is 20.2 Å². The van der Waals surface area contributed by atoms with Crippen LogP contribution in [-0.4, -0.2) is 5.11 Å². The van der Waals surface area contributed by atoms with Crippen LogP contribution in [-0.2, 0) is 0 Å². The summed E-state index contributed by atoms with van der Waals surface area (Å²) in [5, 5.41) is 8.39. The number of hydrogen-bond acceptors (Lipinski definition) is 1. The normalized spacial score (nSPS) is 10.8. The Balaban J connectivity index is 2.99. The fourth-order valence-corrected chi connectivity index (χ4v) is 4.23. The molecule has 0 spiro atoms. The average Bonchev–Trinajstić information content (AvgIpc) is 2.74. The Morgan fingerprint density at radius 2 is 0.621 bits per heavy atom. The molecule has 0 fully saturated rings. The maximum Gasteiger partial charge on any atom is 0.107 e. The largest absolute Gasteiger partial charge is 0.462 e. The third-order valence-electron chi connectivity index (χ3n) is 6.23. The molecule has 0 bridgehead atoms. The molecule has 29 heavy (non-hydrogen) atoms. The van der Waals surface area contributed by atoms with Gasteiger partial charge in [-0.3, -0.25) is 0 Å². The maximum atomic E-state index is 8.39. The molecule has 0 heterocycles. The van der Waals surface area contributed by atoms with Crippen LogP contribution in [0.15, 0.2) is 0 Å². The van der Waals surface area contributed by atoms with Crippen molar-refractivity contribution in [3.63, 3.8) is 0 Å². The van der Waals surface area contributed by atoms with Crippen LogP contribution in [0.25, 0.3) is 0 Å². The molecular formula is C28H54O. The van der Waals surface area contributed by atoms with Crippen molar-refractivity contribution in [3.05, 3.63) is 0 Å². The summed E-state index contributed by atoms with van der Waals surface area (Å²) in [6.45, 7) is 2.30. The Labute approximate surface area is 184 Å².